The molecule has 5 heteroatoms. The van der Waals surface area contributed by atoms with Gasteiger partial charge in [-0.15, -0.1) is 0 Å². The van der Waals surface area contributed by atoms with Gasteiger partial charge in [-0.25, -0.2) is 0 Å². The number of halogens is 1. The second-order valence-electron chi connectivity index (χ2n) is 5.57. The van der Waals surface area contributed by atoms with Gasteiger partial charge in [-0.05, 0) is 31.0 Å². The first-order valence-corrected chi connectivity index (χ1v) is 7.53. The molecule has 3 rings (SSSR count). The van der Waals surface area contributed by atoms with E-state index in [1.807, 2.05) is 31.2 Å². The first-order valence-electron chi connectivity index (χ1n) is 6.74. The van der Waals surface area contributed by atoms with Crippen molar-refractivity contribution >= 4 is 27.7 Å². The molecule has 0 radical (unpaired) electrons. The molecular formula is C15H16BrNO3. The van der Waals surface area contributed by atoms with E-state index >= 15 is 0 Å². The third-order valence-corrected chi connectivity index (χ3v) is 5.01. The van der Waals surface area contributed by atoms with E-state index in [9.17, 15) is 9.59 Å². The van der Waals surface area contributed by atoms with Gasteiger partial charge < -0.3 is 4.74 Å². The Labute approximate surface area is 126 Å². The summed E-state index contributed by atoms with van der Waals surface area (Å²) in [6.45, 7) is 2.57. The Morgan fingerprint density at radius 2 is 2.20 bits per heavy atom. The normalized spacial score (nSPS) is 33.5. The van der Waals surface area contributed by atoms with Crippen LogP contribution in [0.3, 0.4) is 0 Å². The van der Waals surface area contributed by atoms with Crippen molar-refractivity contribution in [2.24, 2.45) is 5.41 Å². The van der Waals surface area contributed by atoms with Gasteiger partial charge in [-0.1, -0.05) is 28.1 Å². The molecule has 1 N–H and O–H groups in total. The van der Waals surface area contributed by atoms with Crippen LogP contribution in [-0.4, -0.2) is 24.5 Å². The zero-order valence-electron chi connectivity index (χ0n) is 11.2. The van der Waals surface area contributed by atoms with Crippen molar-refractivity contribution in [3.63, 3.8) is 0 Å². The van der Waals surface area contributed by atoms with Gasteiger partial charge in [0.1, 0.15) is 0 Å². The predicted octanol–water partition coefficient (Wildman–Crippen LogP) is 2.37. The van der Waals surface area contributed by atoms with E-state index in [2.05, 4.69) is 21.2 Å². The van der Waals surface area contributed by atoms with E-state index in [0.717, 1.165) is 16.5 Å². The van der Waals surface area contributed by atoms with Crippen LogP contribution >= 0.6 is 15.9 Å². The smallest absolute Gasteiger partial charge is 0.234 e. The minimum Gasteiger partial charge on any atom is -0.378 e. The quantitative estimate of drug-likeness (QED) is 0.800. The molecule has 1 aromatic carbocycles. The molecule has 106 valence electrons. The summed E-state index contributed by atoms with van der Waals surface area (Å²) in [4.78, 5) is 24.2. The lowest BCUT2D eigenvalue weighted by Crippen LogP contribution is -2.53. The number of benzene rings is 1. The topological polar surface area (TPSA) is 55.4 Å². The third kappa shape index (κ3) is 2.09. The first kappa shape index (κ1) is 13.8. The molecule has 1 spiro atoms. The van der Waals surface area contributed by atoms with Crippen molar-refractivity contribution in [2.75, 3.05) is 6.61 Å². The average molecular weight is 338 g/mol. The van der Waals surface area contributed by atoms with Crippen molar-refractivity contribution in [3.8, 4) is 0 Å². The van der Waals surface area contributed by atoms with Crippen LogP contribution < -0.4 is 5.32 Å². The number of carbonyl (C=O) groups excluding carboxylic acids is 2. The largest absolute Gasteiger partial charge is 0.378 e. The van der Waals surface area contributed by atoms with Gasteiger partial charge in [0.2, 0.25) is 11.8 Å². The number of nitrogens with one attached hydrogen (secondary N) is 1. The first-order chi connectivity index (χ1) is 9.53. The number of hydrogen-bond acceptors (Lipinski definition) is 3. The molecule has 4 nitrogen and oxygen atoms in total. The number of carbonyl (C=O) groups is 2. The van der Waals surface area contributed by atoms with Crippen molar-refractivity contribution in [1.29, 1.82) is 0 Å². The number of rotatable bonds is 1. The average Bonchev–Trinajstić information content (AvgIpc) is 2.70. The highest BCUT2D eigenvalue weighted by atomic mass is 79.9. The zero-order chi connectivity index (χ0) is 14.3. The highest BCUT2D eigenvalue weighted by Crippen LogP contribution is 2.51. The summed E-state index contributed by atoms with van der Waals surface area (Å²) in [5, 5.41) is 2.47. The van der Waals surface area contributed by atoms with E-state index < -0.39 is 5.41 Å². The molecule has 20 heavy (non-hydrogen) atoms. The Morgan fingerprint density at radius 1 is 1.40 bits per heavy atom. The molecule has 0 saturated carbocycles. The molecule has 3 unspecified atom stereocenters. The predicted molar refractivity (Wildman–Crippen MR) is 77.1 cm³/mol. The number of imide groups is 1. The van der Waals surface area contributed by atoms with Crippen LogP contribution in [0.5, 0.6) is 0 Å². The highest BCUT2D eigenvalue weighted by molar-refractivity contribution is 9.10. The van der Waals surface area contributed by atoms with Crippen LogP contribution in [-0.2, 0) is 14.3 Å². The molecule has 0 bridgehead atoms. The van der Waals surface area contributed by atoms with Crippen molar-refractivity contribution in [2.45, 2.75) is 31.8 Å². The molecule has 0 aliphatic carbocycles. The van der Waals surface area contributed by atoms with Crippen molar-refractivity contribution < 1.29 is 14.3 Å². The molecule has 2 fully saturated rings. The van der Waals surface area contributed by atoms with E-state index in [-0.39, 0.29) is 23.8 Å². The summed E-state index contributed by atoms with van der Waals surface area (Å²) >= 11 is 3.44. The molecule has 2 amide bonds. The summed E-state index contributed by atoms with van der Waals surface area (Å²) in [6.07, 6.45) is 0.989. The number of hydrogen-bond donors (Lipinski definition) is 1. The lowest BCUT2D eigenvalue weighted by Gasteiger charge is -2.41. The molecule has 1 aromatic rings. The van der Waals surface area contributed by atoms with Crippen molar-refractivity contribution in [1.82, 2.24) is 5.32 Å². The van der Waals surface area contributed by atoms with Crippen LogP contribution in [0.1, 0.15) is 31.2 Å². The summed E-state index contributed by atoms with van der Waals surface area (Å²) < 4.78 is 6.61. The van der Waals surface area contributed by atoms with E-state index in [0.29, 0.717) is 13.0 Å². The Balaban J connectivity index is 2.09. The fraction of sp³-hybridized carbons (Fsp3) is 0.467. The van der Waals surface area contributed by atoms with Gasteiger partial charge in [0.05, 0.1) is 12.0 Å². The van der Waals surface area contributed by atoms with E-state index in [4.69, 9.17) is 4.74 Å². The van der Waals surface area contributed by atoms with Crippen LogP contribution in [0.25, 0.3) is 0 Å². The second kappa shape index (κ2) is 4.97. The van der Waals surface area contributed by atoms with Gasteiger partial charge in [-0.2, -0.15) is 0 Å². The molecule has 3 atom stereocenters. The molecule has 2 heterocycles. The Kier molecular flexibility index (Phi) is 3.42. The van der Waals surface area contributed by atoms with Crippen molar-refractivity contribution in [3.05, 3.63) is 34.3 Å². The standard InChI is InChI=1S/C15H16BrNO3/c1-9-15(5-6-20-9)8-12(18)17-14(19)13(15)10-3-2-4-11(16)7-10/h2-4,7,9,13H,5-6,8H2,1H3,(H,17,18,19). The maximum atomic E-state index is 12.4. The van der Waals surface area contributed by atoms with Gasteiger partial charge >= 0.3 is 0 Å². The number of ether oxygens (including phenoxy) is 1. The Hall–Kier alpha value is -1.20. The molecule has 2 aliphatic rings. The van der Waals surface area contributed by atoms with Gasteiger partial charge in [0.15, 0.2) is 0 Å². The van der Waals surface area contributed by atoms with Crippen LogP contribution in [0.15, 0.2) is 28.7 Å². The lowest BCUT2D eigenvalue weighted by molar-refractivity contribution is -0.142. The van der Waals surface area contributed by atoms with Gasteiger partial charge in [0, 0.05) is 22.9 Å². The Bertz CT molecular complexity index is 574. The molecule has 2 aliphatic heterocycles. The summed E-state index contributed by atoms with van der Waals surface area (Å²) in [5.41, 5.74) is 0.516. The van der Waals surface area contributed by atoms with Gasteiger partial charge in [-0.3, -0.25) is 14.9 Å². The number of amides is 2. The maximum absolute atomic E-state index is 12.4. The monoisotopic (exact) mass is 337 g/mol. The van der Waals surface area contributed by atoms with Gasteiger partial charge in [0.25, 0.3) is 0 Å². The fourth-order valence-electron chi connectivity index (χ4n) is 3.49. The van der Waals surface area contributed by atoms with E-state index in [1.54, 1.807) is 0 Å². The minimum absolute atomic E-state index is 0.0959. The number of piperidine rings is 1. The van der Waals surface area contributed by atoms with Crippen LogP contribution in [0.4, 0.5) is 0 Å². The molecule has 0 aromatic heterocycles. The zero-order valence-corrected chi connectivity index (χ0v) is 12.8. The molecular weight excluding hydrogens is 322 g/mol. The highest BCUT2D eigenvalue weighted by Gasteiger charge is 2.55. The maximum Gasteiger partial charge on any atom is 0.234 e. The summed E-state index contributed by atoms with van der Waals surface area (Å²) in [5.74, 6) is -0.745. The Morgan fingerprint density at radius 3 is 2.85 bits per heavy atom. The SMILES string of the molecule is CC1OCCC12CC(=O)NC(=O)C2c1cccc(Br)c1. The van der Waals surface area contributed by atoms with Crippen LogP contribution in [0, 0.1) is 5.41 Å². The second-order valence-corrected chi connectivity index (χ2v) is 6.49. The van der Waals surface area contributed by atoms with E-state index in [1.165, 1.54) is 0 Å². The van der Waals surface area contributed by atoms with Crippen LogP contribution in [0.2, 0.25) is 0 Å². The third-order valence-electron chi connectivity index (χ3n) is 4.52. The lowest BCUT2D eigenvalue weighted by atomic mass is 9.63. The summed E-state index contributed by atoms with van der Waals surface area (Å²) in [6, 6.07) is 7.73. The minimum atomic E-state index is -0.416. The fourth-order valence-corrected chi connectivity index (χ4v) is 3.91. The molecule has 2 saturated heterocycles. The summed E-state index contributed by atoms with van der Waals surface area (Å²) in [7, 11) is 0.